The molecule has 0 radical (unpaired) electrons. The first kappa shape index (κ1) is 15.6. The van der Waals surface area contributed by atoms with E-state index >= 15 is 0 Å². The molecule has 1 heterocycles. The van der Waals surface area contributed by atoms with Gasteiger partial charge >= 0.3 is 5.97 Å². The van der Waals surface area contributed by atoms with Gasteiger partial charge in [-0.05, 0) is 42.8 Å². The first-order chi connectivity index (χ1) is 9.90. The number of esters is 1. The lowest BCUT2D eigenvalue weighted by atomic mass is 10.2. The molecule has 1 amide bonds. The maximum absolute atomic E-state index is 12.2. The van der Waals surface area contributed by atoms with Gasteiger partial charge in [-0.15, -0.1) is 0 Å². The van der Waals surface area contributed by atoms with Crippen LogP contribution in [0.25, 0.3) is 10.9 Å². The molecule has 0 spiro atoms. The van der Waals surface area contributed by atoms with Crippen molar-refractivity contribution in [3.63, 3.8) is 0 Å². The molecule has 2 N–H and O–H groups in total. The van der Waals surface area contributed by atoms with Crippen LogP contribution >= 0.6 is 15.9 Å². The first-order valence-corrected chi connectivity index (χ1v) is 7.47. The van der Waals surface area contributed by atoms with Gasteiger partial charge in [0.2, 0.25) is 0 Å². The van der Waals surface area contributed by atoms with Gasteiger partial charge in [-0.3, -0.25) is 4.79 Å². The zero-order valence-electron chi connectivity index (χ0n) is 12.1. The van der Waals surface area contributed by atoms with Gasteiger partial charge < -0.3 is 15.0 Å². The molecular weight excluding hydrogens is 336 g/mol. The smallest absolute Gasteiger partial charge is 0.356 e. The number of rotatable bonds is 4. The molecule has 0 aliphatic rings. The maximum Gasteiger partial charge on any atom is 0.356 e. The number of amides is 1. The number of ether oxygens (including phenoxy) is 1. The predicted molar refractivity (Wildman–Crippen MR) is 84.2 cm³/mol. The number of hydrogen-bond donors (Lipinski definition) is 2. The largest absolute Gasteiger partial charge is 0.448 e. The van der Waals surface area contributed by atoms with Crippen molar-refractivity contribution >= 4 is 38.7 Å². The molecule has 1 unspecified atom stereocenters. The molecule has 0 aliphatic carbocycles. The Bertz CT molecular complexity index is 679. The van der Waals surface area contributed by atoms with Crippen LogP contribution < -0.4 is 5.32 Å². The molecule has 2 rings (SSSR count). The first-order valence-electron chi connectivity index (χ1n) is 6.67. The highest BCUT2D eigenvalue weighted by atomic mass is 79.9. The Morgan fingerprint density at radius 3 is 2.52 bits per heavy atom. The summed E-state index contributed by atoms with van der Waals surface area (Å²) in [4.78, 5) is 26.9. The Hall–Kier alpha value is -1.82. The van der Waals surface area contributed by atoms with E-state index in [2.05, 4.69) is 26.2 Å². The Morgan fingerprint density at radius 2 is 1.90 bits per heavy atom. The topological polar surface area (TPSA) is 71.2 Å². The normalized spacial score (nSPS) is 12.4. The SMILES string of the molecule is CC(C)NC(=O)C(C)OC(=O)c1[nH]c2ccccc2c1Br. The molecule has 0 fully saturated rings. The van der Waals surface area contributed by atoms with Crippen molar-refractivity contribution in [2.45, 2.75) is 32.9 Å². The van der Waals surface area contributed by atoms with Crippen molar-refractivity contribution < 1.29 is 14.3 Å². The highest BCUT2D eigenvalue weighted by molar-refractivity contribution is 9.10. The number of H-pyrrole nitrogens is 1. The third-order valence-corrected chi connectivity index (χ3v) is 3.75. The highest BCUT2D eigenvalue weighted by Gasteiger charge is 2.23. The van der Waals surface area contributed by atoms with Gasteiger partial charge in [0.1, 0.15) is 5.69 Å². The molecule has 0 saturated carbocycles. The molecule has 5 nitrogen and oxygen atoms in total. The monoisotopic (exact) mass is 352 g/mol. The zero-order chi connectivity index (χ0) is 15.6. The van der Waals surface area contributed by atoms with Gasteiger partial charge in [0.25, 0.3) is 5.91 Å². The second-order valence-electron chi connectivity index (χ2n) is 5.07. The van der Waals surface area contributed by atoms with Crippen LogP contribution in [0.15, 0.2) is 28.7 Å². The number of carbonyl (C=O) groups is 2. The fourth-order valence-corrected chi connectivity index (χ4v) is 2.53. The minimum Gasteiger partial charge on any atom is -0.448 e. The van der Waals surface area contributed by atoms with E-state index in [-0.39, 0.29) is 11.9 Å². The van der Waals surface area contributed by atoms with Gasteiger partial charge in [-0.2, -0.15) is 0 Å². The van der Waals surface area contributed by atoms with E-state index in [9.17, 15) is 9.59 Å². The molecule has 0 bridgehead atoms. The Morgan fingerprint density at radius 1 is 1.24 bits per heavy atom. The minimum atomic E-state index is -0.849. The van der Waals surface area contributed by atoms with E-state index in [1.54, 1.807) is 6.92 Å². The third kappa shape index (κ3) is 3.44. The standard InChI is InChI=1S/C15H17BrN2O3/c1-8(2)17-14(19)9(3)21-15(20)13-12(16)10-6-4-5-7-11(10)18-13/h4-9,18H,1-3H3,(H,17,19). The highest BCUT2D eigenvalue weighted by Crippen LogP contribution is 2.28. The van der Waals surface area contributed by atoms with E-state index in [4.69, 9.17) is 4.74 Å². The molecular formula is C15H17BrN2O3. The maximum atomic E-state index is 12.2. The average Bonchev–Trinajstić information content (AvgIpc) is 2.76. The number of nitrogens with one attached hydrogen (secondary N) is 2. The summed E-state index contributed by atoms with van der Waals surface area (Å²) < 4.78 is 5.84. The van der Waals surface area contributed by atoms with E-state index in [0.29, 0.717) is 10.2 Å². The lowest BCUT2D eigenvalue weighted by Crippen LogP contribution is -2.39. The second kappa shape index (κ2) is 6.30. The Labute approximate surface area is 131 Å². The van der Waals surface area contributed by atoms with Crippen molar-refractivity contribution in [2.75, 3.05) is 0 Å². The molecule has 6 heteroatoms. The number of aromatic nitrogens is 1. The number of halogens is 1. The summed E-state index contributed by atoms with van der Waals surface area (Å²) in [5, 5.41) is 3.59. The lowest BCUT2D eigenvalue weighted by molar-refractivity contribution is -0.129. The van der Waals surface area contributed by atoms with E-state index in [1.165, 1.54) is 0 Å². The molecule has 1 atom stereocenters. The molecule has 1 aromatic heterocycles. The summed E-state index contributed by atoms with van der Waals surface area (Å²) in [7, 11) is 0. The third-order valence-electron chi connectivity index (χ3n) is 2.93. The second-order valence-corrected chi connectivity index (χ2v) is 5.86. The van der Waals surface area contributed by atoms with Gasteiger partial charge in [-0.1, -0.05) is 18.2 Å². The number of carbonyl (C=O) groups excluding carboxylic acids is 2. The van der Waals surface area contributed by atoms with E-state index < -0.39 is 12.1 Å². The van der Waals surface area contributed by atoms with Gasteiger partial charge in [0.05, 0.1) is 4.47 Å². The van der Waals surface area contributed by atoms with Crippen LogP contribution in [-0.4, -0.2) is 29.0 Å². The number of hydrogen-bond acceptors (Lipinski definition) is 3. The van der Waals surface area contributed by atoms with Gasteiger partial charge in [0.15, 0.2) is 6.10 Å². The van der Waals surface area contributed by atoms with Crippen LogP contribution in [0.4, 0.5) is 0 Å². The van der Waals surface area contributed by atoms with Gasteiger partial charge in [-0.25, -0.2) is 4.79 Å². The van der Waals surface area contributed by atoms with E-state index in [1.807, 2.05) is 38.1 Å². The van der Waals surface area contributed by atoms with Crippen LogP contribution in [0.5, 0.6) is 0 Å². The zero-order valence-corrected chi connectivity index (χ0v) is 13.7. The van der Waals surface area contributed by atoms with Crippen LogP contribution in [-0.2, 0) is 9.53 Å². The summed E-state index contributed by atoms with van der Waals surface area (Å²) in [6, 6.07) is 7.51. The number of fused-ring (bicyclic) bond motifs is 1. The summed E-state index contributed by atoms with van der Waals surface area (Å²) in [5.74, 6) is -0.880. The van der Waals surface area contributed by atoms with Crippen LogP contribution in [0.3, 0.4) is 0 Å². The average molecular weight is 353 g/mol. The van der Waals surface area contributed by atoms with Crippen molar-refractivity contribution in [2.24, 2.45) is 0 Å². The van der Waals surface area contributed by atoms with Crippen LogP contribution in [0.1, 0.15) is 31.3 Å². The Balaban J connectivity index is 2.15. The molecule has 2 aromatic rings. The predicted octanol–water partition coefficient (Wildman–Crippen LogP) is 3.00. The molecule has 0 aliphatic heterocycles. The summed E-state index contributed by atoms with van der Waals surface area (Å²) >= 11 is 3.39. The summed E-state index contributed by atoms with van der Waals surface area (Å²) in [5.41, 5.74) is 1.14. The van der Waals surface area contributed by atoms with Crippen molar-refractivity contribution in [3.05, 3.63) is 34.4 Å². The minimum absolute atomic E-state index is 0.00142. The molecule has 21 heavy (non-hydrogen) atoms. The fraction of sp³-hybridized carbons (Fsp3) is 0.333. The summed E-state index contributed by atoms with van der Waals surface area (Å²) in [6.45, 7) is 5.24. The lowest BCUT2D eigenvalue weighted by Gasteiger charge is -2.15. The molecule has 1 aromatic carbocycles. The quantitative estimate of drug-likeness (QED) is 0.830. The van der Waals surface area contributed by atoms with Gasteiger partial charge in [0, 0.05) is 16.9 Å². The van der Waals surface area contributed by atoms with Crippen LogP contribution in [0.2, 0.25) is 0 Å². The molecule has 0 saturated heterocycles. The number of benzene rings is 1. The van der Waals surface area contributed by atoms with Crippen molar-refractivity contribution in [3.8, 4) is 0 Å². The van der Waals surface area contributed by atoms with Crippen molar-refractivity contribution in [1.82, 2.24) is 10.3 Å². The van der Waals surface area contributed by atoms with Crippen LogP contribution in [0, 0.1) is 0 Å². The molecule has 112 valence electrons. The number of aromatic amines is 1. The van der Waals surface area contributed by atoms with Crippen molar-refractivity contribution in [1.29, 1.82) is 0 Å². The summed E-state index contributed by atoms with van der Waals surface area (Å²) in [6.07, 6.45) is -0.849. The fourth-order valence-electron chi connectivity index (χ4n) is 1.92. The number of para-hydroxylation sites is 1. The van der Waals surface area contributed by atoms with E-state index in [0.717, 1.165) is 10.9 Å². The Kier molecular flexibility index (Phi) is 4.67.